The normalized spacial score (nSPS) is 15.0. The van der Waals surface area contributed by atoms with Crippen LogP contribution >= 0.6 is 0 Å². The van der Waals surface area contributed by atoms with E-state index in [1.54, 1.807) is 0 Å². The Morgan fingerprint density at radius 1 is 0.947 bits per heavy atom. The molecule has 1 aliphatic carbocycles. The molecule has 0 amide bonds. The maximum atomic E-state index is 2.37. The van der Waals surface area contributed by atoms with E-state index in [4.69, 9.17) is 0 Å². The Kier molecular flexibility index (Phi) is 3.25. The van der Waals surface area contributed by atoms with Crippen molar-refractivity contribution in [3.63, 3.8) is 0 Å². The van der Waals surface area contributed by atoms with Gasteiger partial charge in [0.05, 0.1) is 0 Å². The predicted molar refractivity (Wildman–Crippen MR) is 84.4 cm³/mol. The molecule has 0 saturated carbocycles. The first-order chi connectivity index (χ1) is 9.25. The smallest absolute Gasteiger partial charge is 0.0146 e. The Morgan fingerprint density at radius 3 is 2.32 bits per heavy atom. The van der Waals surface area contributed by atoms with Crippen LogP contribution in [-0.4, -0.2) is 0 Å². The van der Waals surface area contributed by atoms with Gasteiger partial charge in [0.15, 0.2) is 0 Å². The van der Waals surface area contributed by atoms with E-state index < -0.39 is 0 Å². The number of hydrogen-bond acceptors (Lipinski definition) is 0. The van der Waals surface area contributed by atoms with E-state index >= 15 is 0 Å². The lowest BCUT2D eigenvalue weighted by Crippen LogP contribution is -1.97. The van der Waals surface area contributed by atoms with Crippen LogP contribution in [0.25, 0.3) is 16.3 Å². The molecule has 0 unspecified atom stereocenters. The Morgan fingerprint density at radius 2 is 1.68 bits per heavy atom. The molecule has 0 atom stereocenters. The fourth-order valence-electron chi connectivity index (χ4n) is 2.80. The summed E-state index contributed by atoms with van der Waals surface area (Å²) >= 11 is 0. The van der Waals surface area contributed by atoms with Crippen molar-refractivity contribution in [2.24, 2.45) is 0 Å². The molecule has 0 heterocycles. The summed E-state index contributed by atoms with van der Waals surface area (Å²) in [5.41, 5.74) is 4.25. The van der Waals surface area contributed by atoms with Crippen molar-refractivity contribution in [2.75, 3.05) is 0 Å². The highest BCUT2D eigenvalue weighted by atomic mass is 14.2. The third-order valence-electron chi connectivity index (χ3n) is 3.85. The maximum absolute atomic E-state index is 2.37. The van der Waals surface area contributed by atoms with E-state index in [9.17, 15) is 0 Å². The van der Waals surface area contributed by atoms with Gasteiger partial charge in [-0.2, -0.15) is 0 Å². The van der Waals surface area contributed by atoms with Crippen LogP contribution in [0, 0.1) is 0 Å². The first kappa shape index (κ1) is 12.2. The molecule has 96 valence electrons. The number of allylic oxidation sites excluding steroid dienone is 4. The topological polar surface area (TPSA) is 0 Å². The van der Waals surface area contributed by atoms with E-state index in [0.29, 0.717) is 5.92 Å². The SMILES string of the molecule is CC(C)c1cc2ccccc2cc1C1=CCCC=C1. The van der Waals surface area contributed by atoms with Crippen LogP contribution in [0.1, 0.15) is 43.7 Å². The van der Waals surface area contributed by atoms with Gasteiger partial charge in [-0.15, -0.1) is 0 Å². The average Bonchev–Trinajstić information content (AvgIpc) is 2.46. The van der Waals surface area contributed by atoms with Gasteiger partial charge < -0.3 is 0 Å². The molecule has 1 aliphatic rings. The Bertz CT molecular complexity index is 657. The van der Waals surface area contributed by atoms with E-state index in [1.165, 1.54) is 33.9 Å². The second-order valence-corrected chi connectivity index (χ2v) is 5.58. The molecule has 19 heavy (non-hydrogen) atoms. The number of hydrogen-bond donors (Lipinski definition) is 0. The molecule has 0 N–H and O–H groups in total. The van der Waals surface area contributed by atoms with Crippen LogP contribution in [0.15, 0.2) is 54.6 Å². The minimum atomic E-state index is 0.552. The van der Waals surface area contributed by atoms with Crippen molar-refractivity contribution < 1.29 is 0 Å². The van der Waals surface area contributed by atoms with Gasteiger partial charge >= 0.3 is 0 Å². The fraction of sp³-hybridized carbons (Fsp3) is 0.263. The minimum absolute atomic E-state index is 0.552. The van der Waals surface area contributed by atoms with Crippen LogP contribution in [0.5, 0.6) is 0 Å². The average molecular weight is 248 g/mol. The molecule has 0 bridgehead atoms. The van der Waals surface area contributed by atoms with Gasteiger partial charge in [-0.3, -0.25) is 0 Å². The number of rotatable bonds is 2. The third kappa shape index (κ3) is 2.35. The van der Waals surface area contributed by atoms with Crippen molar-refractivity contribution in [2.45, 2.75) is 32.6 Å². The van der Waals surface area contributed by atoms with Gasteiger partial charge in [-0.05, 0) is 52.3 Å². The summed E-state index contributed by atoms with van der Waals surface area (Å²) in [6, 6.07) is 13.4. The van der Waals surface area contributed by atoms with E-state index in [0.717, 1.165) is 6.42 Å². The first-order valence-electron chi connectivity index (χ1n) is 7.15. The summed E-state index contributed by atoms with van der Waals surface area (Å²) in [7, 11) is 0. The van der Waals surface area contributed by atoms with Crippen LogP contribution in [0.2, 0.25) is 0 Å². The molecular weight excluding hydrogens is 228 g/mol. The largest absolute Gasteiger partial charge is 0.0836 e. The zero-order chi connectivity index (χ0) is 13.2. The van der Waals surface area contributed by atoms with Crippen LogP contribution in [-0.2, 0) is 0 Å². The van der Waals surface area contributed by atoms with Crippen molar-refractivity contribution in [3.8, 4) is 0 Å². The summed E-state index contributed by atoms with van der Waals surface area (Å²) in [5.74, 6) is 0.552. The Hall–Kier alpha value is -1.82. The van der Waals surface area contributed by atoms with Crippen LogP contribution in [0.3, 0.4) is 0 Å². The maximum Gasteiger partial charge on any atom is -0.0146 e. The summed E-state index contributed by atoms with van der Waals surface area (Å²) in [6.45, 7) is 4.56. The van der Waals surface area contributed by atoms with Gasteiger partial charge in [0, 0.05) is 0 Å². The molecular formula is C19H20. The monoisotopic (exact) mass is 248 g/mol. The van der Waals surface area contributed by atoms with Crippen molar-refractivity contribution in [1.29, 1.82) is 0 Å². The summed E-state index contributed by atoms with van der Waals surface area (Å²) in [5, 5.41) is 2.68. The molecule has 2 aromatic rings. The lowest BCUT2D eigenvalue weighted by Gasteiger charge is -2.17. The number of benzene rings is 2. The van der Waals surface area contributed by atoms with Gasteiger partial charge in [-0.25, -0.2) is 0 Å². The zero-order valence-electron chi connectivity index (χ0n) is 11.7. The second-order valence-electron chi connectivity index (χ2n) is 5.58. The van der Waals surface area contributed by atoms with Gasteiger partial charge in [0.2, 0.25) is 0 Å². The summed E-state index contributed by atoms with van der Waals surface area (Å²) in [4.78, 5) is 0. The van der Waals surface area contributed by atoms with Crippen molar-refractivity contribution in [3.05, 3.63) is 65.8 Å². The highest BCUT2D eigenvalue weighted by Crippen LogP contribution is 2.32. The van der Waals surface area contributed by atoms with Crippen molar-refractivity contribution in [1.82, 2.24) is 0 Å². The van der Waals surface area contributed by atoms with E-state index in [2.05, 4.69) is 68.5 Å². The molecule has 0 radical (unpaired) electrons. The van der Waals surface area contributed by atoms with Gasteiger partial charge in [0.1, 0.15) is 0 Å². The van der Waals surface area contributed by atoms with Crippen LogP contribution in [0.4, 0.5) is 0 Å². The molecule has 0 heteroatoms. The lowest BCUT2D eigenvalue weighted by molar-refractivity contribution is 0.864. The summed E-state index contributed by atoms with van der Waals surface area (Å²) < 4.78 is 0. The van der Waals surface area contributed by atoms with E-state index in [-0.39, 0.29) is 0 Å². The highest BCUT2D eigenvalue weighted by Gasteiger charge is 2.11. The quantitative estimate of drug-likeness (QED) is 0.639. The molecule has 3 rings (SSSR count). The van der Waals surface area contributed by atoms with E-state index in [1.807, 2.05) is 0 Å². The highest BCUT2D eigenvalue weighted by molar-refractivity contribution is 5.90. The minimum Gasteiger partial charge on any atom is -0.0836 e. The molecule has 0 fully saturated rings. The van der Waals surface area contributed by atoms with Crippen molar-refractivity contribution >= 4 is 16.3 Å². The molecule has 0 aliphatic heterocycles. The fourth-order valence-corrected chi connectivity index (χ4v) is 2.80. The first-order valence-corrected chi connectivity index (χ1v) is 7.15. The van der Waals surface area contributed by atoms with Crippen LogP contribution < -0.4 is 0 Å². The lowest BCUT2D eigenvalue weighted by atomic mass is 9.88. The summed E-state index contributed by atoms with van der Waals surface area (Å²) in [6.07, 6.45) is 9.27. The standard InChI is InChI=1S/C19H20/c1-14(2)18-12-16-10-6-7-11-17(16)13-19(18)15-8-4-3-5-9-15/h4,6-14H,3,5H2,1-2H3. The Labute approximate surface area is 115 Å². The molecule has 2 aromatic carbocycles. The zero-order valence-corrected chi connectivity index (χ0v) is 11.7. The molecule has 0 saturated heterocycles. The predicted octanol–water partition coefficient (Wildman–Crippen LogP) is 5.70. The molecule has 0 nitrogen and oxygen atoms in total. The second kappa shape index (κ2) is 5.05. The number of fused-ring (bicyclic) bond motifs is 1. The molecule has 0 aromatic heterocycles. The molecule has 0 spiro atoms. The van der Waals surface area contributed by atoms with Gasteiger partial charge in [0.25, 0.3) is 0 Å². The third-order valence-corrected chi connectivity index (χ3v) is 3.85. The Balaban J connectivity index is 2.23. The van der Waals surface area contributed by atoms with Gasteiger partial charge in [-0.1, -0.05) is 62.4 Å².